The van der Waals surface area contributed by atoms with E-state index in [4.69, 9.17) is 0 Å². The Morgan fingerprint density at radius 3 is 3.24 bits per heavy atom. The number of rotatable bonds is 3. The average molecular weight is 236 g/mol. The third kappa shape index (κ3) is 3.30. The van der Waals surface area contributed by atoms with Crippen LogP contribution in [0.15, 0.2) is 12.4 Å². The van der Waals surface area contributed by atoms with Crippen molar-refractivity contribution in [1.29, 1.82) is 0 Å². The smallest absolute Gasteiger partial charge is 0.237 e. The van der Waals surface area contributed by atoms with Crippen molar-refractivity contribution in [3.63, 3.8) is 0 Å². The van der Waals surface area contributed by atoms with Crippen LogP contribution in [0.25, 0.3) is 0 Å². The van der Waals surface area contributed by atoms with Gasteiger partial charge in [0.25, 0.3) is 0 Å². The van der Waals surface area contributed by atoms with Crippen molar-refractivity contribution in [1.82, 2.24) is 20.2 Å². The van der Waals surface area contributed by atoms with E-state index in [2.05, 4.69) is 15.6 Å². The van der Waals surface area contributed by atoms with E-state index in [1.165, 1.54) is 12.8 Å². The summed E-state index contributed by atoms with van der Waals surface area (Å²) >= 11 is 0. The SMILES string of the molecule is Cn1ccnc1CNC(=O)C1CCCCCN1. The van der Waals surface area contributed by atoms with Gasteiger partial charge in [-0.1, -0.05) is 12.8 Å². The highest BCUT2D eigenvalue weighted by molar-refractivity contribution is 5.81. The molecule has 0 spiro atoms. The number of carbonyl (C=O) groups excluding carboxylic acids is 1. The molecule has 1 fully saturated rings. The lowest BCUT2D eigenvalue weighted by atomic mass is 10.1. The van der Waals surface area contributed by atoms with Gasteiger partial charge in [0.05, 0.1) is 12.6 Å². The summed E-state index contributed by atoms with van der Waals surface area (Å²) < 4.78 is 1.92. The van der Waals surface area contributed by atoms with Gasteiger partial charge in [0, 0.05) is 19.4 Å². The minimum absolute atomic E-state index is 0.0298. The first-order valence-corrected chi connectivity index (χ1v) is 6.24. The van der Waals surface area contributed by atoms with Crippen LogP contribution in [0, 0.1) is 0 Å². The summed E-state index contributed by atoms with van der Waals surface area (Å²) in [6, 6.07) is -0.0298. The van der Waals surface area contributed by atoms with Gasteiger partial charge in [-0.2, -0.15) is 0 Å². The van der Waals surface area contributed by atoms with Crippen LogP contribution in [0.1, 0.15) is 31.5 Å². The molecule has 1 amide bonds. The number of amides is 1. The topological polar surface area (TPSA) is 59.0 Å². The van der Waals surface area contributed by atoms with E-state index in [1.807, 2.05) is 17.8 Å². The van der Waals surface area contributed by atoms with Crippen LogP contribution in [0.3, 0.4) is 0 Å². The summed E-state index contributed by atoms with van der Waals surface area (Å²) in [6.45, 7) is 1.45. The molecule has 0 radical (unpaired) electrons. The molecule has 1 aromatic rings. The molecule has 1 atom stereocenters. The number of hydrogen-bond acceptors (Lipinski definition) is 3. The molecule has 0 bridgehead atoms. The Kier molecular flexibility index (Phi) is 4.14. The van der Waals surface area contributed by atoms with E-state index in [-0.39, 0.29) is 11.9 Å². The van der Waals surface area contributed by atoms with Crippen LogP contribution in [-0.4, -0.2) is 28.0 Å². The first kappa shape index (κ1) is 12.1. The Hall–Kier alpha value is -1.36. The van der Waals surface area contributed by atoms with E-state index in [1.54, 1.807) is 6.20 Å². The molecule has 5 heteroatoms. The number of nitrogens with one attached hydrogen (secondary N) is 2. The molecule has 0 aromatic carbocycles. The quantitative estimate of drug-likeness (QED) is 0.806. The van der Waals surface area contributed by atoms with Crippen molar-refractivity contribution in [3.05, 3.63) is 18.2 Å². The van der Waals surface area contributed by atoms with Gasteiger partial charge >= 0.3 is 0 Å². The van der Waals surface area contributed by atoms with Gasteiger partial charge in [0.1, 0.15) is 5.82 Å². The molecule has 0 saturated carbocycles. The van der Waals surface area contributed by atoms with Crippen molar-refractivity contribution >= 4 is 5.91 Å². The second-order valence-corrected chi connectivity index (χ2v) is 4.53. The van der Waals surface area contributed by atoms with Crippen LogP contribution in [-0.2, 0) is 18.4 Å². The summed E-state index contributed by atoms with van der Waals surface area (Å²) in [7, 11) is 1.93. The first-order valence-electron chi connectivity index (χ1n) is 6.24. The molecule has 2 rings (SSSR count). The van der Waals surface area contributed by atoms with Gasteiger partial charge in [-0.05, 0) is 19.4 Å². The highest BCUT2D eigenvalue weighted by Gasteiger charge is 2.19. The van der Waals surface area contributed by atoms with Crippen LogP contribution in [0.4, 0.5) is 0 Å². The Morgan fingerprint density at radius 2 is 2.47 bits per heavy atom. The third-order valence-corrected chi connectivity index (χ3v) is 3.22. The molecule has 1 aromatic heterocycles. The Morgan fingerprint density at radius 1 is 1.59 bits per heavy atom. The molecule has 1 unspecified atom stereocenters. The zero-order valence-corrected chi connectivity index (χ0v) is 10.3. The van der Waals surface area contributed by atoms with Crippen molar-refractivity contribution < 1.29 is 4.79 Å². The Bertz CT molecular complexity index is 366. The zero-order valence-electron chi connectivity index (χ0n) is 10.3. The molecule has 1 saturated heterocycles. The molecule has 0 aliphatic carbocycles. The normalized spacial score (nSPS) is 20.9. The van der Waals surface area contributed by atoms with Gasteiger partial charge in [-0.15, -0.1) is 0 Å². The van der Waals surface area contributed by atoms with Gasteiger partial charge in [0.2, 0.25) is 5.91 Å². The minimum Gasteiger partial charge on any atom is -0.348 e. The summed E-state index contributed by atoms with van der Waals surface area (Å²) in [5.41, 5.74) is 0. The lowest BCUT2D eigenvalue weighted by Crippen LogP contribution is -2.43. The lowest BCUT2D eigenvalue weighted by Gasteiger charge is -2.15. The van der Waals surface area contributed by atoms with E-state index in [0.29, 0.717) is 6.54 Å². The molecular weight excluding hydrogens is 216 g/mol. The standard InChI is InChI=1S/C12H20N4O/c1-16-8-7-14-11(16)9-15-12(17)10-5-3-2-4-6-13-10/h7-8,10,13H,2-6,9H2,1H3,(H,15,17). The maximum Gasteiger partial charge on any atom is 0.237 e. The summed E-state index contributed by atoms with van der Waals surface area (Å²) in [6.07, 6.45) is 8.08. The number of aryl methyl sites for hydroxylation is 1. The largest absolute Gasteiger partial charge is 0.348 e. The fraction of sp³-hybridized carbons (Fsp3) is 0.667. The molecule has 1 aliphatic heterocycles. The number of nitrogens with zero attached hydrogens (tertiary/aromatic N) is 2. The maximum atomic E-state index is 11.9. The number of aromatic nitrogens is 2. The van der Waals surface area contributed by atoms with E-state index in [9.17, 15) is 4.79 Å². The van der Waals surface area contributed by atoms with E-state index in [0.717, 1.165) is 25.2 Å². The number of imidazole rings is 1. The van der Waals surface area contributed by atoms with Crippen LogP contribution in [0.5, 0.6) is 0 Å². The molecule has 1 aliphatic rings. The van der Waals surface area contributed by atoms with Crippen LogP contribution >= 0.6 is 0 Å². The summed E-state index contributed by atoms with van der Waals surface area (Å²) in [5, 5.41) is 6.23. The molecule has 2 N–H and O–H groups in total. The van der Waals surface area contributed by atoms with E-state index >= 15 is 0 Å². The fourth-order valence-electron chi connectivity index (χ4n) is 2.11. The van der Waals surface area contributed by atoms with Crippen molar-refractivity contribution in [3.8, 4) is 0 Å². The Balaban J connectivity index is 1.82. The second kappa shape index (κ2) is 5.82. The van der Waals surface area contributed by atoms with Gasteiger partial charge in [-0.3, -0.25) is 4.79 Å². The lowest BCUT2D eigenvalue weighted by molar-refractivity contribution is -0.123. The summed E-state index contributed by atoms with van der Waals surface area (Å²) in [5.74, 6) is 0.974. The predicted octanol–water partition coefficient (Wildman–Crippen LogP) is 0.568. The van der Waals surface area contributed by atoms with Crippen LogP contribution < -0.4 is 10.6 Å². The predicted molar refractivity (Wildman–Crippen MR) is 65.3 cm³/mol. The third-order valence-electron chi connectivity index (χ3n) is 3.22. The highest BCUT2D eigenvalue weighted by atomic mass is 16.2. The Labute approximate surface area is 102 Å². The van der Waals surface area contributed by atoms with Gasteiger partial charge < -0.3 is 15.2 Å². The van der Waals surface area contributed by atoms with Crippen molar-refractivity contribution in [2.45, 2.75) is 38.3 Å². The minimum atomic E-state index is -0.0298. The van der Waals surface area contributed by atoms with E-state index < -0.39 is 0 Å². The van der Waals surface area contributed by atoms with Gasteiger partial charge in [-0.25, -0.2) is 4.98 Å². The maximum absolute atomic E-state index is 11.9. The van der Waals surface area contributed by atoms with Crippen molar-refractivity contribution in [2.24, 2.45) is 7.05 Å². The fourth-order valence-corrected chi connectivity index (χ4v) is 2.11. The second-order valence-electron chi connectivity index (χ2n) is 4.53. The molecule has 17 heavy (non-hydrogen) atoms. The average Bonchev–Trinajstić information content (AvgIpc) is 2.58. The molecule has 5 nitrogen and oxygen atoms in total. The number of hydrogen-bond donors (Lipinski definition) is 2. The molecule has 94 valence electrons. The number of carbonyl (C=O) groups is 1. The van der Waals surface area contributed by atoms with Crippen molar-refractivity contribution in [2.75, 3.05) is 6.54 Å². The molecular formula is C12H20N4O. The van der Waals surface area contributed by atoms with Crippen LogP contribution in [0.2, 0.25) is 0 Å². The zero-order chi connectivity index (χ0) is 12.1. The molecule has 2 heterocycles. The van der Waals surface area contributed by atoms with Gasteiger partial charge in [0.15, 0.2) is 0 Å². The monoisotopic (exact) mass is 236 g/mol. The first-order chi connectivity index (χ1) is 8.27. The summed E-state index contributed by atoms with van der Waals surface area (Å²) in [4.78, 5) is 16.1. The highest BCUT2D eigenvalue weighted by Crippen LogP contribution is 2.08.